The first-order valence-electron chi connectivity index (χ1n) is 9.72. The largest absolute Gasteiger partial charge is 0.495 e. The van der Waals surface area contributed by atoms with Crippen LogP contribution in [0.3, 0.4) is 0 Å². The number of hydrogen-bond acceptors (Lipinski definition) is 6. The molecule has 168 valence electrons. The van der Waals surface area contributed by atoms with E-state index in [9.17, 15) is 18.0 Å². The van der Waals surface area contributed by atoms with Crippen molar-refractivity contribution in [1.29, 1.82) is 0 Å². The van der Waals surface area contributed by atoms with Crippen molar-refractivity contribution in [1.82, 2.24) is 0 Å². The third-order valence-electron chi connectivity index (χ3n) is 4.67. The molecule has 0 heterocycles. The summed E-state index contributed by atoms with van der Waals surface area (Å²) in [6.45, 7) is 7.01. The van der Waals surface area contributed by atoms with E-state index >= 15 is 0 Å². The van der Waals surface area contributed by atoms with Crippen molar-refractivity contribution in [2.24, 2.45) is 0 Å². The summed E-state index contributed by atoms with van der Waals surface area (Å²) in [6.07, 6.45) is 1.03. The van der Waals surface area contributed by atoms with Gasteiger partial charge in [0, 0.05) is 5.69 Å². The number of amides is 1. The molecule has 0 aliphatic carbocycles. The van der Waals surface area contributed by atoms with Crippen LogP contribution in [-0.4, -0.2) is 46.3 Å². The number of carbonyl (C=O) groups excluding carboxylic acids is 2. The molecule has 2 rings (SSSR count). The Morgan fingerprint density at radius 1 is 1.13 bits per heavy atom. The fourth-order valence-corrected chi connectivity index (χ4v) is 4.26. The van der Waals surface area contributed by atoms with Gasteiger partial charge < -0.3 is 14.8 Å². The van der Waals surface area contributed by atoms with Crippen LogP contribution in [0.1, 0.15) is 35.3 Å². The van der Waals surface area contributed by atoms with Crippen LogP contribution in [0.2, 0.25) is 0 Å². The molecule has 8 nitrogen and oxygen atoms in total. The van der Waals surface area contributed by atoms with Crippen molar-refractivity contribution in [3.8, 4) is 5.75 Å². The van der Waals surface area contributed by atoms with Gasteiger partial charge in [-0.25, -0.2) is 13.2 Å². The molecule has 0 saturated heterocycles. The highest BCUT2D eigenvalue weighted by Crippen LogP contribution is 2.33. The Kier molecular flexibility index (Phi) is 7.67. The van der Waals surface area contributed by atoms with Gasteiger partial charge in [0.05, 0.1) is 31.2 Å². The standard InChI is InChI=1S/C22H28N2O6S/c1-7-30-22(26)17-10-9-15(3)18(13-17)23-21(25)16(4)24(31(6,27)28)19-12-14(2)8-11-20(19)29-5/h8-13,16H,7H2,1-6H3,(H,23,25)/t16-/m0/s1. The number of anilines is 2. The number of esters is 1. The maximum atomic E-state index is 13.0. The molecule has 9 heteroatoms. The smallest absolute Gasteiger partial charge is 0.338 e. The second-order valence-electron chi connectivity index (χ2n) is 7.15. The summed E-state index contributed by atoms with van der Waals surface area (Å²) in [6, 6.07) is 8.80. The molecule has 1 N–H and O–H groups in total. The quantitative estimate of drug-likeness (QED) is 0.622. The van der Waals surface area contributed by atoms with Crippen molar-refractivity contribution in [2.75, 3.05) is 29.6 Å². The number of aryl methyl sites for hydroxylation is 2. The SMILES string of the molecule is CCOC(=O)c1ccc(C)c(NC(=O)[C@H](C)N(c2cc(C)ccc2OC)S(C)(=O)=O)c1. The Hall–Kier alpha value is -3.07. The summed E-state index contributed by atoms with van der Waals surface area (Å²) in [4.78, 5) is 25.1. The lowest BCUT2D eigenvalue weighted by atomic mass is 10.1. The van der Waals surface area contributed by atoms with Gasteiger partial charge in [0.1, 0.15) is 11.8 Å². The van der Waals surface area contributed by atoms with Crippen LogP contribution in [0.25, 0.3) is 0 Å². The number of carbonyl (C=O) groups is 2. The fourth-order valence-electron chi connectivity index (χ4n) is 3.09. The van der Waals surface area contributed by atoms with E-state index in [-0.39, 0.29) is 17.9 Å². The number of rotatable bonds is 8. The lowest BCUT2D eigenvalue weighted by Crippen LogP contribution is -2.45. The summed E-state index contributed by atoms with van der Waals surface area (Å²) in [5.74, 6) is -0.734. The molecular formula is C22H28N2O6S. The Labute approximate surface area is 183 Å². The first-order valence-corrected chi connectivity index (χ1v) is 11.6. The van der Waals surface area contributed by atoms with Gasteiger partial charge in [0.2, 0.25) is 15.9 Å². The molecule has 1 atom stereocenters. The molecule has 0 aliphatic heterocycles. The summed E-state index contributed by atoms with van der Waals surface area (Å²) in [7, 11) is -2.39. The minimum absolute atomic E-state index is 0.229. The Balaban J connectivity index is 2.41. The molecule has 2 aromatic carbocycles. The van der Waals surface area contributed by atoms with Gasteiger partial charge >= 0.3 is 5.97 Å². The van der Waals surface area contributed by atoms with Crippen molar-refractivity contribution in [3.05, 3.63) is 53.1 Å². The van der Waals surface area contributed by atoms with E-state index in [1.165, 1.54) is 20.1 Å². The Morgan fingerprint density at radius 3 is 2.39 bits per heavy atom. The Bertz CT molecular complexity index is 1080. The highest BCUT2D eigenvalue weighted by atomic mass is 32.2. The zero-order valence-corrected chi connectivity index (χ0v) is 19.4. The van der Waals surface area contributed by atoms with E-state index in [1.807, 2.05) is 6.92 Å². The van der Waals surface area contributed by atoms with Crippen molar-refractivity contribution < 1.29 is 27.5 Å². The molecule has 0 aromatic heterocycles. The molecule has 1 amide bonds. The minimum atomic E-state index is -3.82. The minimum Gasteiger partial charge on any atom is -0.495 e. The maximum absolute atomic E-state index is 13.0. The molecule has 0 saturated carbocycles. The monoisotopic (exact) mass is 448 g/mol. The van der Waals surface area contributed by atoms with E-state index in [4.69, 9.17) is 9.47 Å². The predicted molar refractivity (Wildman–Crippen MR) is 120 cm³/mol. The van der Waals surface area contributed by atoms with Gasteiger partial charge in [-0.15, -0.1) is 0 Å². The molecule has 0 bridgehead atoms. The van der Waals surface area contributed by atoms with Crippen LogP contribution in [0.4, 0.5) is 11.4 Å². The van der Waals surface area contributed by atoms with E-state index in [2.05, 4.69) is 5.32 Å². The number of methoxy groups -OCH3 is 1. The van der Waals surface area contributed by atoms with Crippen LogP contribution in [-0.2, 0) is 19.6 Å². The van der Waals surface area contributed by atoms with Gasteiger partial charge in [-0.1, -0.05) is 12.1 Å². The average molecular weight is 449 g/mol. The van der Waals surface area contributed by atoms with Gasteiger partial charge in [0.15, 0.2) is 0 Å². The first-order chi connectivity index (χ1) is 14.5. The summed E-state index contributed by atoms with van der Waals surface area (Å²) in [5, 5.41) is 2.73. The summed E-state index contributed by atoms with van der Waals surface area (Å²) >= 11 is 0. The Morgan fingerprint density at radius 2 is 1.81 bits per heavy atom. The zero-order chi connectivity index (χ0) is 23.3. The van der Waals surface area contributed by atoms with Crippen LogP contribution >= 0.6 is 0 Å². The van der Waals surface area contributed by atoms with Crippen LogP contribution < -0.4 is 14.4 Å². The number of benzene rings is 2. The molecule has 0 aliphatic rings. The average Bonchev–Trinajstić information content (AvgIpc) is 2.69. The van der Waals surface area contributed by atoms with E-state index in [0.29, 0.717) is 17.0 Å². The second-order valence-corrected chi connectivity index (χ2v) is 9.01. The zero-order valence-electron chi connectivity index (χ0n) is 18.6. The molecule has 0 fully saturated rings. The topological polar surface area (TPSA) is 102 Å². The number of hydrogen-bond donors (Lipinski definition) is 1. The van der Waals surface area contributed by atoms with Crippen molar-refractivity contribution >= 4 is 33.3 Å². The number of ether oxygens (including phenoxy) is 2. The molecular weight excluding hydrogens is 420 g/mol. The number of sulfonamides is 1. The van der Waals surface area contributed by atoms with E-state index < -0.39 is 27.9 Å². The normalized spacial score (nSPS) is 12.1. The van der Waals surface area contributed by atoms with E-state index in [0.717, 1.165) is 16.1 Å². The molecule has 0 radical (unpaired) electrons. The van der Waals surface area contributed by atoms with Crippen LogP contribution in [0.15, 0.2) is 36.4 Å². The van der Waals surface area contributed by atoms with Crippen LogP contribution in [0.5, 0.6) is 5.75 Å². The van der Waals surface area contributed by atoms with Gasteiger partial charge in [-0.2, -0.15) is 0 Å². The third kappa shape index (κ3) is 5.75. The molecule has 0 unspecified atom stereocenters. The highest BCUT2D eigenvalue weighted by Gasteiger charge is 2.31. The fraction of sp³-hybridized carbons (Fsp3) is 0.364. The van der Waals surface area contributed by atoms with Gasteiger partial charge in [-0.05, 0) is 63.1 Å². The van der Waals surface area contributed by atoms with Crippen molar-refractivity contribution in [2.45, 2.75) is 33.7 Å². The third-order valence-corrected chi connectivity index (χ3v) is 5.89. The van der Waals surface area contributed by atoms with E-state index in [1.54, 1.807) is 44.2 Å². The van der Waals surface area contributed by atoms with Gasteiger partial charge in [-0.3, -0.25) is 9.10 Å². The number of nitrogens with zero attached hydrogens (tertiary/aromatic N) is 1. The van der Waals surface area contributed by atoms with Gasteiger partial charge in [0.25, 0.3) is 0 Å². The number of nitrogens with one attached hydrogen (secondary N) is 1. The molecule has 31 heavy (non-hydrogen) atoms. The molecule has 0 spiro atoms. The predicted octanol–water partition coefficient (Wildman–Crippen LogP) is 3.28. The first kappa shape index (κ1) is 24.2. The lowest BCUT2D eigenvalue weighted by molar-refractivity contribution is -0.116. The van der Waals surface area contributed by atoms with Crippen LogP contribution in [0, 0.1) is 13.8 Å². The van der Waals surface area contributed by atoms with Crippen molar-refractivity contribution in [3.63, 3.8) is 0 Å². The second kappa shape index (κ2) is 9.82. The lowest BCUT2D eigenvalue weighted by Gasteiger charge is -2.29. The summed E-state index contributed by atoms with van der Waals surface area (Å²) in [5.41, 5.74) is 2.48. The maximum Gasteiger partial charge on any atom is 0.338 e. The highest BCUT2D eigenvalue weighted by molar-refractivity contribution is 7.92. The summed E-state index contributed by atoms with van der Waals surface area (Å²) < 4.78 is 36.6. The molecule has 2 aromatic rings.